The van der Waals surface area contributed by atoms with E-state index in [4.69, 9.17) is 0 Å². The number of amidine groups is 1. The summed E-state index contributed by atoms with van der Waals surface area (Å²) in [4.78, 5) is 48.1. The van der Waals surface area contributed by atoms with E-state index in [2.05, 4.69) is 22.2 Å². The number of aliphatic imine (C=N–C) groups is 1. The van der Waals surface area contributed by atoms with Crippen molar-refractivity contribution < 1.29 is 19.4 Å². The summed E-state index contributed by atoms with van der Waals surface area (Å²) in [5, 5.41) is 26.2. The molecule has 136 valence electrons. The molecule has 0 saturated carbocycles. The molecular weight excluding hydrogens is 366 g/mol. The molecule has 1 atom stereocenters. The van der Waals surface area contributed by atoms with Gasteiger partial charge in [0.25, 0.3) is 11.4 Å². The van der Waals surface area contributed by atoms with Crippen LogP contribution in [0, 0.1) is 20.2 Å². The molecule has 1 heterocycles. The Balaban J connectivity index is 2.08. The lowest BCUT2D eigenvalue weighted by Crippen LogP contribution is -2.28. The summed E-state index contributed by atoms with van der Waals surface area (Å²) in [6, 6.07) is 2.87. The van der Waals surface area contributed by atoms with Gasteiger partial charge in [0.15, 0.2) is 5.17 Å². The number of nitrogens with one attached hydrogen (secondary N) is 2. The number of anilines is 1. The second kappa shape index (κ2) is 8.20. The number of carbonyl (C=O) groups is 2. The summed E-state index contributed by atoms with van der Waals surface area (Å²) < 4.78 is 0. The first-order chi connectivity index (χ1) is 12.3. The van der Waals surface area contributed by atoms with Crippen LogP contribution in [0.4, 0.5) is 17.1 Å². The predicted octanol–water partition coefficient (Wildman–Crippen LogP) is 1.61. The van der Waals surface area contributed by atoms with E-state index >= 15 is 0 Å². The second-order valence-corrected chi connectivity index (χ2v) is 6.19. The highest BCUT2D eigenvalue weighted by atomic mass is 32.2. The number of benzene rings is 1. The first-order valence-corrected chi connectivity index (χ1v) is 8.05. The fourth-order valence-electron chi connectivity index (χ4n) is 2.02. The Morgan fingerprint density at radius 2 is 2.12 bits per heavy atom. The summed E-state index contributed by atoms with van der Waals surface area (Å²) in [5.74, 6) is -1.04. The minimum absolute atomic E-state index is 0.186. The predicted molar refractivity (Wildman–Crippen MR) is 95.0 cm³/mol. The molecule has 1 aromatic rings. The number of thioether (sulfide) groups is 1. The minimum atomic E-state index is -0.834. The third-order valence-electron chi connectivity index (χ3n) is 3.17. The van der Waals surface area contributed by atoms with Crippen molar-refractivity contribution >= 4 is 45.8 Å². The molecule has 2 rings (SSSR count). The maximum atomic E-state index is 12.1. The van der Waals surface area contributed by atoms with Crippen molar-refractivity contribution in [1.29, 1.82) is 0 Å². The smallest absolute Gasteiger partial charge is 0.299 e. The van der Waals surface area contributed by atoms with Crippen LogP contribution in [0.15, 0.2) is 35.8 Å². The molecule has 2 N–H and O–H groups in total. The van der Waals surface area contributed by atoms with Crippen LogP contribution in [0.5, 0.6) is 0 Å². The normalized spacial score (nSPS) is 17.6. The lowest BCUT2D eigenvalue weighted by molar-refractivity contribution is -0.393. The van der Waals surface area contributed by atoms with E-state index in [1.165, 1.54) is 0 Å². The van der Waals surface area contributed by atoms with Crippen molar-refractivity contribution in [3.05, 3.63) is 51.1 Å². The first-order valence-electron chi connectivity index (χ1n) is 7.17. The van der Waals surface area contributed by atoms with Crippen LogP contribution in [0.3, 0.4) is 0 Å². The van der Waals surface area contributed by atoms with Crippen molar-refractivity contribution in [3.63, 3.8) is 0 Å². The molecule has 1 aliphatic heterocycles. The Kier molecular flexibility index (Phi) is 6.01. The molecule has 26 heavy (non-hydrogen) atoms. The van der Waals surface area contributed by atoms with E-state index < -0.39 is 38.3 Å². The first kappa shape index (κ1) is 19.1. The lowest BCUT2D eigenvalue weighted by atomic mass is 10.2. The third kappa shape index (κ3) is 4.63. The van der Waals surface area contributed by atoms with Gasteiger partial charge in [-0.25, -0.2) is 0 Å². The maximum absolute atomic E-state index is 12.1. The third-order valence-corrected chi connectivity index (χ3v) is 4.29. The number of rotatable bonds is 7. The molecule has 0 bridgehead atoms. The van der Waals surface area contributed by atoms with Crippen molar-refractivity contribution in [1.82, 2.24) is 5.32 Å². The van der Waals surface area contributed by atoms with Gasteiger partial charge in [-0.05, 0) is 6.07 Å². The Hall–Kier alpha value is -3.28. The molecule has 0 aromatic heterocycles. The largest absolute Gasteiger partial charge is 0.320 e. The molecule has 12 heteroatoms. The standard InChI is InChI=1S/C14H13N5O6S/c1-2-5-15-14-17-13(21)11(26-14)7-12(20)16-9-4-3-8(18(22)23)6-10(9)19(24)25/h2-4,6,11H,1,5,7H2,(H,16,20)(H,15,17,21)/t11-/m1/s1. The summed E-state index contributed by atoms with van der Waals surface area (Å²) in [7, 11) is 0. The minimum Gasteiger partial charge on any atom is -0.320 e. The fourth-order valence-corrected chi connectivity index (χ4v) is 3.00. The second-order valence-electron chi connectivity index (χ2n) is 5.00. The molecule has 11 nitrogen and oxygen atoms in total. The Morgan fingerprint density at radius 3 is 2.73 bits per heavy atom. The molecule has 1 aliphatic rings. The van der Waals surface area contributed by atoms with Gasteiger partial charge in [0.05, 0.1) is 22.5 Å². The van der Waals surface area contributed by atoms with Gasteiger partial charge in [-0.3, -0.25) is 34.8 Å². The van der Waals surface area contributed by atoms with E-state index in [-0.39, 0.29) is 12.1 Å². The van der Waals surface area contributed by atoms with Crippen LogP contribution in [0.25, 0.3) is 0 Å². The zero-order valence-corrected chi connectivity index (χ0v) is 14.0. The molecule has 1 fully saturated rings. The number of carbonyl (C=O) groups excluding carboxylic acids is 2. The average Bonchev–Trinajstić information content (AvgIpc) is 2.92. The summed E-state index contributed by atoms with van der Waals surface area (Å²) in [5.41, 5.74) is -1.26. The highest BCUT2D eigenvalue weighted by molar-refractivity contribution is 8.15. The summed E-state index contributed by atoms with van der Waals surface area (Å²) in [6.07, 6.45) is 1.31. The van der Waals surface area contributed by atoms with E-state index in [9.17, 15) is 29.8 Å². The van der Waals surface area contributed by atoms with Crippen molar-refractivity contribution in [2.24, 2.45) is 4.99 Å². The van der Waals surface area contributed by atoms with E-state index in [0.717, 1.165) is 30.0 Å². The molecule has 0 aliphatic carbocycles. The van der Waals surface area contributed by atoms with Crippen molar-refractivity contribution in [2.75, 3.05) is 11.9 Å². The van der Waals surface area contributed by atoms with Crippen LogP contribution in [-0.2, 0) is 9.59 Å². The topological polar surface area (TPSA) is 157 Å². The van der Waals surface area contributed by atoms with Crippen molar-refractivity contribution in [2.45, 2.75) is 11.7 Å². The van der Waals surface area contributed by atoms with Gasteiger partial charge in [-0.1, -0.05) is 17.8 Å². The lowest BCUT2D eigenvalue weighted by Gasteiger charge is -2.08. The fraction of sp³-hybridized carbons (Fsp3) is 0.214. The molecule has 1 aromatic carbocycles. The highest BCUT2D eigenvalue weighted by Gasteiger charge is 2.32. The van der Waals surface area contributed by atoms with Crippen LogP contribution in [0.1, 0.15) is 6.42 Å². The van der Waals surface area contributed by atoms with Gasteiger partial charge in [-0.15, -0.1) is 6.58 Å². The number of hydrogen-bond acceptors (Lipinski definition) is 8. The van der Waals surface area contributed by atoms with Gasteiger partial charge < -0.3 is 10.6 Å². The molecular formula is C14H13N5O6S. The Bertz CT molecular complexity index is 824. The van der Waals surface area contributed by atoms with E-state index in [0.29, 0.717) is 11.7 Å². The number of amides is 2. The van der Waals surface area contributed by atoms with Crippen LogP contribution in [0.2, 0.25) is 0 Å². The molecule has 0 radical (unpaired) electrons. The zero-order valence-electron chi connectivity index (χ0n) is 13.2. The quantitative estimate of drug-likeness (QED) is 0.414. The van der Waals surface area contributed by atoms with Gasteiger partial charge >= 0.3 is 0 Å². The van der Waals surface area contributed by atoms with Crippen molar-refractivity contribution in [3.8, 4) is 0 Å². The number of nitro groups is 2. The van der Waals surface area contributed by atoms with E-state index in [1.807, 2.05) is 0 Å². The van der Waals surface area contributed by atoms with Gasteiger partial charge in [0.2, 0.25) is 11.8 Å². The van der Waals surface area contributed by atoms with Gasteiger partial charge in [-0.2, -0.15) is 0 Å². The van der Waals surface area contributed by atoms with E-state index in [1.54, 1.807) is 6.08 Å². The van der Waals surface area contributed by atoms with Gasteiger partial charge in [0, 0.05) is 12.5 Å². The van der Waals surface area contributed by atoms with Crippen LogP contribution >= 0.6 is 11.8 Å². The molecule has 0 spiro atoms. The number of hydrogen-bond donors (Lipinski definition) is 2. The Morgan fingerprint density at radius 1 is 1.38 bits per heavy atom. The highest BCUT2D eigenvalue weighted by Crippen LogP contribution is 2.30. The summed E-state index contributed by atoms with van der Waals surface area (Å²) >= 11 is 1.07. The number of nitrogens with zero attached hydrogens (tertiary/aromatic N) is 3. The molecule has 1 saturated heterocycles. The van der Waals surface area contributed by atoms with Gasteiger partial charge in [0.1, 0.15) is 10.9 Å². The number of nitro benzene ring substituents is 2. The molecule has 0 unspecified atom stereocenters. The average molecular weight is 379 g/mol. The Labute approximate surface area is 150 Å². The van der Waals surface area contributed by atoms with Crippen LogP contribution < -0.4 is 10.6 Å². The SMILES string of the molecule is C=CCN=C1NC(=O)[C@@H](CC(=O)Nc2ccc([N+](=O)[O-])cc2[N+](=O)[O-])S1. The summed E-state index contributed by atoms with van der Waals surface area (Å²) in [6.45, 7) is 3.82. The maximum Gasteiger partial charge on any atom is 0.299 e. The molecule has 2 amide bonds. The monoisotopic (exact) mass is 379 g/mol. The van der Waals surface area contributed by atoms with Crippen LogP contribution in [-0.4, -0.2) is 38.6 Å². The number of non-ortho nitro benzene ring substituents is 1. The zero-order chi connectivity index (χ0) is 19.3.